The van der Waals surface area contributed by atoms with Gasteiger partial charge in [0, 0.05) is 25.0 Å². The molecule has 0 aliphatic heterocycles. The number of nitrogens with one attached hydrogen (secondary N) is 1. The molecule has 0 saturated carbocycles. The fraction of sp³-hybridized carbons (Fsp3) is 0.200. The lowest BCUT2D eigenvalue weighted by Crippen LogP contribution is -2.18. The zero-order valence-electron chi connectivity index (χ0n) is 8.43. The van der Waals surface area contributed by atoms with Crippen molar-refractivity contribution >= 4 is 11.5 Å². The maximum Gasteiger partial charge on any atom is 0.416 e. The summed E-state index contributed by atoms with van der Waals surface area (Å²) < 4.78 is 37.0. The normalized spacial score (nSPS) is 11.0. The Morgan fingerprint density at radius 3 is 2.44 bits per heavy atom. The second-order valence-corrected chi connectivity index (χ2v) is 3.02. The maximum atomic E-state index is 12.3. The zero-order chi connectivity index (χ0) is 12.3. The lowest BCUT2D eigenvalue weighted by atomic mass is 10.1. The van der Waals surface area contributed by atoms with Gasteiger partial charge in [0.2, 0.25) is 0 Å². The largest absolute Gasteiger partial charge is 0.416 e. The van der Waals surface area contributed by atoms with Crippen molar-refractivity contribution in [3.8, 4) is 0 Å². The van der Waals surface area contributed by atoms with E-state index in [1.54, 1.807) is 0 Å². The Balaban J connectivity index is 3.09. The summed E-state index contributed by atoms with van der Waals surface area (Å²) in [6, 6.07) is 1.10. The van der Waals surface area contributed by atoms with Gasteiger partial charge in [-0.2, -0.15) is 13.2 Å². The van der Waals surface area contributed by atoms with E-state index in [1.165, 1.54) is 13.2 Å². The number of nitrogens with zero attached hydrogens (tertiary/aromatic N) is 1. The summed E-state index contributed by atoms with van der Waals surface area (Å²) in [5.41, 5.74) is -1.18. The van der Waals surface area contributed by atoms with Crippen LogP contribution >= 0.6 is 0 Å². The van der Waals surface area contributed by atoms with Crippen molar-refractivity contribution in [3.63, 3.8) is 0 Å². The third-order valence-electron chi connectivity index (χ3n) is 1.92. The fourth-order valence-corrected chi connectivity index (χ4v) is 1.04. The average molecular weight is 230 g/mol. The van der Waals surface area contributed by atoms with E-state index in [-0.39, 0.29) is 11.1 Å². The van der Waals surface area contributed by atoms with Gasteiger partial charge in [0.25, 0.3) is 5.91 Å². The van der Waals surface area contributed by atoms with E-state index in [4.69, 9.17) is 0 Å². The highest BCUT2D eigenvalue weighted by Gasteiger charge is 2.33. The number of aromatic nitrogens is 1. The Morgan fingerprint density at radius 2 is 1.94 bits per heavy atom. The number of allylic oxidation sites excluding steroid dienone is 1. The third-order valence-corrected chi connectivity index (χ3v) is 1.92. The molecule has 1 N–H and O–H groups in total. The second kappa shape index (κ2) is 4.34. The minimum Gasteiger partial charge on any atom is -0.355 e. The summed E-state index contributed by atoms with van der Waals surface area (Å²) >= 11 is 0. The number of amides is 1. The van der Waals surface area contributed by atoms with Gasteiger partial charge in [-0.3, -0.25) is 9.78 Å². The second-order valence-electron chi connectivity index (χ2n) is 3.02. The molecule has 0 aromatic carbocycles. The molecule has 0 fully saturated rings. The Hall–Kier alpha value is -1.85. The lowest BCUT2D eigenvalue weighted by Gasteiger charge is -2.10. The third kappa shape index (κ3) is 2.59. The van der Waals surface area contributed by atoms with Crippen molar-refractivity contribution in [1.29, 1.82) is 0 Å². The molecule has 0 spiro atoms. The standard InChI is InChI=1S/C10H9F3N2O/c1-6(10(11,12)13)7-3-8(5-15-4-7)9(16)14-2/h3-5H,1H2,2H3,(H,14,16). The summed E-state index contributed by atoms with van der Waals surface area (Å²) in [5, 5.41) is 2.30. The molecular formula is C10H9F3N2O. The molecule has 0 unspecified atom stereocenters. The van der Waals surface area contributed by atoms with E-state index in [0.717, 1.165) is 12.3 Å². The van der Waals surface area contributed by atoms with Crippen molar-refractivity contribution in [2.45, 2.75) is 6.18 Å². The van der Waals surface area contributed by atoms with Crippen LogP contribution < -0.4 is 5.32 Å². The van der Waals surface area contributed by atoms with Gasteiger partial charge in [-0.15, -0.1) is 0 Å². The van der Waals surface area contributed by atoms with E-state index in [2.05, 4.69) is 16.9 Å². The number of alkyl halides is 3. The summed E-state index contributed by atoms with van der Waals surface area (Å²) in [6.45, 7) is 2.93. The monoisotopic (exact) mass is 230 g/mol. The molecule has 6 heteroatoms. The van der Waals surface area contributed by atoms with Gasteiger partial charge in [-0.1, -0.05) is 6.58 Å². The molecule has 0 bridgehead atoms. The van der Waals surface area contributed by atoms with Gasteiger partial charge in [-0.05, 0) is 6.07 Å². The zero-order valence-corrected chi connectivity index (χ0v) is 8.43. The van der Waals surface area contributed by atoms with E-state index in [9.17, 15) is 18.0 Å². The maximum absolute atomic E-state index is 12.3. The highest BCUT2D eigenvalue weighted by molar-refractivity contribution is 5.94. The molecule has 0 radical (unpaired) electrons. The van der Waals surface area contributed by atoms with Crippen LogP contribution in [0.15, 0.2) is 25.0 Å². The van der Waals surface area contributed by atoms with Gasteiger partial charge in [0.15, 0.2) is 0 Å². The summed E-state index contributed by atoms with van der Waals surface area (Å²) in [4.78, 5) is 14.7. The quantitative estimate of drug-likeness (QED) is 0.844. The minimum atomic E-state index is -4.52. The molecule has 16 heavy (non-hydrogen) atoms. The molecular weight excluding hydrogens is 221 g/mol. The first-order chi connectivity index (χ1) is 7.36. The van der Waals surface area contributed by atoms with Gasteiger partial charge >= 0.3 is 6.18 Å². The lowest BCUT2D eigenvalue weighted by molar-refractivity contribution is -0.0686. The van der Waals surface area contributed by atoms with Crippen LogP contribution in [0.2, 0.25) is 0 Å². The Morgan fingerprint density at radius 1 is 1.38 bits per heavy atom. The smallest absolute Gasteiger partial charge is 0.355 e. The number of hydrogen-bond donors (Lipinski definition) is 1. The molecule has 86 valence electrons. The number of carbonyl (C=O) groups excluding carboxylic acids is 1. The van der Waals surface area contributed by atoms with Crippen molar-refractivity contribution in [3.05, 3.63) is 36.2 Å². The topological polar surface area (TPSA) is 42.0 Å². The van der Waals surface area contributed by atoms with Crippen molar-refractivity contribution in [1.82, 2.24) is 10.3 Å². The van der Waals surface area contributed by atoms with E-state index in [0.29, 0.717) is 0 Å². The van der Waals surface area contributed by atoms with Gasteiger partial charge in [0.1, 0.15) is 0 Å². The van der Waals surface area contributed by atoms with E-state index < -0.39 is 17.7 Å². The average Bonchev–Trinajstić information content (AvgIpc) is 2.26. The van der Waals surface area contributed by atoms with Gasteiger partial charge in [-0.25, -0.2) is 0 Å². The molecule has 1 amide bonds. The molecule has 0 saturated heterocycles. The number of carbonyl (C=O) groups is 1. The number of pyridine rings is 1. The van der Waals surface area contributed by atoms with E-state index >= 15 is 0 Å². The predicted molar refractivity (Wildman–Crippen MR) is 52.7 cm³/mol. The molecule has 1 aromatic rings. The number of hydrogen-bond acceptors (Lipinski definition) is 2. The van der Waals surface area contributed by atoms with Crippen LogP contribution in [0.3, 0.4) is 0 Å². The summed E-state index contributed by atoms with van der Waals surface area (Å²) in [7, 11) is 1.38. The molecule has 0 aliphatic carbocycles. The van der Waals surface area contributed by atoms with E-state index in [1.807, 2.05) is 0 Å². The highest BCUT2D eigenvalue weighted by atomic mass is 19.4. The van der Waals surface area contributed by atoms with Crippen LogP contribution in [0.5, 0.6) is 0 Å². The molecule has 1 aromatic heterocycles. The first-order valence-electron chi connectivity index (χ1n) is 4.30. The summed E-state index contributed by atoms with van der Waals surface area (Å²) in [6.07, 6.45) is -2.32. The summed E-state index contributed by atoms with van der Waals surface area (Å²) in [5.74, 6) is -0.496. The molecule has 1 rings (SSSR count). The van der Waals surface area contributed by atoms with Gasteiger partial charge < -0.3 is 5.32 Å². The van der Waals surface area contributed by atoms with Crippen LogP contribution in [-0.2, 0) is 0 Å². The molecule has 0 aliphatic rings. The Kier molecular flexibility index (Phi) is 3.31. The number of rotatable bonds is 2. The van der Waals surface area contributed by atoms with Crippen LogP contribution in [0.4, 0.5) is 13.2 Å². The van der Waals surface area contributed by atoms with Crippen LogP contribution in [0.25, 0.3) is 5.57 Å². The van der Waals surface area contributed by atoms with Crippen LogP contribution in [0.1, 0.15) is 15.9 Å². The van der Waals surface area contributed by atoms with Crippen LogP contribution in [0, 0.1) is 0 Å². The minimum absolute atomic E-state index is 0.0606. The first-order valence-corrected chi connectivity index (χ1v) is 4.30. The van der Waals surface area contributed by atoms with Crippen molar-refractivity contribution < 1.29 is 18.0 Å². The molecule has 1 heterocycles. The highest BCUT2D eigenvalue weighted by Crippen LogP contribution is 2.31. The van der Waals surface area contributed by atoms with Crippen molar-refractivity contribution in [2.75, 3.05) is 7.05 Å². The molecule has 3 nitrogen and oxygen atoms in total. The predicted octanol–water partition coefficient (Wildman–Crippen LogP) is 2.02. The molecule has 0 atom stereocenters. The first kappa shape index (κ1) is 12.2. The SMILES string of the molecule is C=C(c1cncc(C(=O)NC)c1)C(F)(F)F. The van der Waals surface area contributed by atoms with Gasteiger partial charge in [0.05, 0.1) is 11.1 Å². The Bertz CT molecular complexity index is 426. The van der Waals surface area contributed by atoms with Crippen LogP contribution in [-0.4, -0.2) is 24.1 Å². The number of halogens is 3. The van der Waals surface area contributed by atoms with Crippen molar-refractivity contribution in [2.24, 2.45) is 0 Å². The fourth-order valence-electron chi connectivity index (χ4n) is 1.04. The Labute approximate surface area is 90.0 Å².